The predicted molar refractivity (Wildman–Crippen MR) is 61.6 cm³/mol. The molecule has 1 aromatic carbocycles. The molecule has 0 N–H and O–H groups in total. The minimum atomic E-state index is 0.688. The van der Waals surface area contributed by atoms with Gasteiger partial charge in [0.25, 0.3) is 0 Å². The first-order valence-corrected chi connectivity index (χ1v) is 5.42. The van der Waals surface area contributed by atoms with Gasteiger partial charge in [-0.15, -0.1) is 0 Å². The van der Waals surface area contributed by atoms with Crippen LogP contribution in [0, 0.1) is 0 Å². The molecule has 1 heterocycles. The van der Waals surface area contributed by atoms with Gasteiger partial charge in [0.1, 0.15) is 0 Å². The Morgan fingerprint density at radius 1 is 1.07 bits per heavy atom. The van der Waals surface area contributed by atoms with Crippen LogP contribution in [0.4, 0.5) is 0 Å². The summed E-state index contributed by atoms with van der Waals surface area (Å²) >= 11 is 0. The van der Waals surface area contributed by atoms with E-state index in [1.165, 1.54) is 22.3 Å². The van der Waals surface area contributed by atoms with Crippen LogP contribution in [0.15, 0.2) is 42.0 Å². The van der Waals surface area contributed by atoms with E-state index in [-0.39, 0.29) is 0 Å². The molecule has 2 aliphatic rings. The summed E-state index contributed by atoms with van der Waals surface area (Å²) in [6.45, 7) is 5.60. The highest BCUT2D eigenvalue weighted by Crippen LogP contribution is 2.37. The average Bonchev–Trinajstić information content (AvgIpc) is 2.29. The zero-order valence-electron chi connectivity index (χ0n) is 8.75. The number of hydrogen-bond acceptors (Lipinski definition) is 1. The van der Waals surface area contributed by atoms with Crippen molar-refractivity contribution in [2.45, 2.75) is 12.8 Å². The molecule has 0 aromatic heterocycles. The fourth-order valence-electron chi connectivity index (χ4n) is 2.54. The zero-order chi connectivity index (χ0) is 10.3. The van der Waals surface area contributed by atoms with Crippen LogP contribution in [-0.2, 0) is 11.2 Å². The minimum Gasteiger partial charge on any atom is -0.372 e. The maximum Gasteiger partial charge on any atom is 0.0721 e. The summed E-state index contributed by atoms with van der Waals surface area (Å²) in [6, 6.07) is 8.66. The van der Waals surface area contributed by atoms with Crippen LogP contribution >= 0.6 is 0 Å². The van der Waals surface area contributed by atoms with Gasteiger partial charge in [-0.2, -0.15) is 0 Å². The SMILES string of the molecule is C=C1COCC2=C1c1ccccc1CC2. The van der Waals surface area contributed by atoms with Crippen LogP contribution in [0.3, 0.4) is 0 Å². The summed E-state index contributed by atoms with van der Waals surface area (Å²) < 4.78 is 5.51. The topological polar surface area (TPSA) is 9.23 Å². The lowest BCUT2D eigenvalue weighted by molar-refractivity contribution is 0.174. The third-order valence-corrected chi connectivity index (χ3v) is 3.24. The third-order valence-electron chi connectivity index (χ3n) is 3.24. The largest absolute Gasteiger partial charge is 0.372 e. The van der Waals surface area contributed by atoms with Crippen LogP contribution in [0.1, 0.15) is 17.5 Å². The van der Waals surface area contributed by atoms with Gasteiger partial charge in [0.15, 0.2) is 0 Å². The van der Waals surface area contributed by atoms with E-state index in [1.54, 1.807) is 0 Å². The van der Waals surface area contributed by atoms with E-state index in [9.17, 15) is 0 Å². The second-order valence-electron chi connectivity index (χ2n) is 4.23. The van der Waals surface area contributed by atoms with Crippen LogP contribution in [0.5, 0.6) is 0 Å². The lowest BCUT2D eigenvalue weighted by Crippen LogP contribution is -2.17. The van der Waals surface area contributed by atoms with Crippen LogP contribution in [0.25, 0.3) is 5.57 Å². The van der Waals surface area contributed by atoms with Gasteiger partial charge in [-0.25, -0.2) is 0 Å². The Balaban J connectivity index is 2.20. The Kier molecular flexibility index (Phi) is 2.00. The monoisotopic (exact) mass is 198 g/mol. The summed E-state index contributed by atoms with van der Waals surface area (Å²) in [4.78, 5) is 0. The van der Waals surface area contributed by atoms with Gasteiger partial charge in [0, 0.05) is 0 Å². The quantitative estimate of drug-likeness (QED) is 0.622. The number of benzene rings is 1. The number of hydrogen-bond donors (Lipinski definition) is 0. The lowest BCUT2D eigenvalue weighted by atomic mass is 9.82. The molecule has 1 aliphatic carbocycles. The molecule has 0 radical (unpaired) electrons. The van der Waals surface area contributed by atoms with Gasteiger partial charge >= 0.3 is 0 Å². The molecule has 0 saturated carbocycles. The maximum atomic E-state index is 5.51. The normalized spacial score (nSPS) is 19.9. The molecular weight excluding hydrogens is 184 g/mol. The second-order valence-corrected chi connectivity index (χ2v) is 4.23. The number of ether oxygens (including phenoxy) is 1. The number of aryl methyl sites for hydroxylation is 1. The summed E-state index contributed by atoms with van der Waals surface area (Å²) in [5, 5.41) is 0. The smallest absolute Gasteiger partial charge is 0.0721 e. The van der Waals surface area contributed by atoms with Crippen molar-refractivity contribution in [3.8, 4) is 0 Å². The Bertz CT molecular complexity index is 454. The van der Waals surface area contributed by atoms with Gasteiger partial charge in [-0.1, -0.05) is 30.8 Å². The molecule has 3 rings (SSSR count). The first kappa shape index (κ1) is 8.93. The van der Waals surface area contributed by atoms with Gasteiger partial charge < -0.3 is 4.74 Å². The van der Waals surface area contributed by atoms with Crippen LogP contribution in [-0.4, -0.2) is 13.2 Å². The predicted octanol–water partition coefficient (Wildman–Crippen LogP) is 2.97. The standard InChI is InChI=1S/C14H14O/c1-10-8-15-9-12-7-6-11-4-2-3-5-13(11)14(10)12/h2-5H,1,6-9H2. The molecule has 1 aliphatic heterocycles. The molecule has 0 bridgehead atoms. The minimum absolute atomic E-state index is 0.688. The average molecular weight is 198 g/mol. The van der Waals surface area contributed by atoms with Crippen LogP contribution in [0.2, 0.25) is 0 Å². The Hall–Kier alpha value is -1.34. The second kappa shape index (κ2) is 3.35. The summed E-state index contributed by atoms with van der Waals surface area (Å²) in [5.74, 6) is 0. The molecule has 0 amide bonds. The van der Waals surface area contributed by atoms with Crippen LogP contribution < -0.4 is 0 Å². The van der Waals surface area contributed by atoms with E-state index in [2.05, 4.69) is 30.8 Å². The molecule has 0 spiro atoms. The van der Waals surface area contributed by atoms with E-state index in [0.717, 1.165) is 25.0 Å². The van der Waals surface area contributed by atoms with Crippen molar-refractivity contribution in [1.82, 2.24) is 0 Å². The third kappa shape index (κ3) is 1.35. The molecule has 0 unspecified atom stereocenters. The van der Waals surface area contributed by atoms with Gasteiger partial charge in [-0.05, 0) is 40.7 Å². The van der Waals surface area contributed by atoms with Gasteiger partial charge in [0.2, 0.25) is 0 Å². The fraction of sp³-hybridized carbons (Fsp3) is 0.286. The molecule has 0 fully saturated rings. The van der Waals surface area contributed by atoms with Crippen molar-refractivity contribution in [3.05, 3.63) is 53.1 Å². The number of rotatable bonds is 0. The van der Waals surface area contributed by atoms with Crippen molar-refractivity contribution in [1.29, 1.82) is 0 Å². The van der Waals surface area contributed by atoms with E-state index >= 15 is 0 Å². The van der Waals surface area contributed by atoms with E-state index in [4.69, 9.17) is 4.74 Å². The molecule has 0 saturated heterocycles. The summed E-state index contributed by atoms with van der Waals surface area (Å²) in [7, 11) is 0. The molecular formula is C14H14O. The molecule has 15 heavy (non-hydrogen) atoms. The Morgan fingerprint density at radius 3 is 2.87 bits per heavy atom. The molecule has 1 nitrogen and oxygen atoms in total. The summed E-state index contributed by atoms with van der Waals surface area (Å²) in [6.07, 6.45) is 2.27. The van der Waals surface area contributed by atoms with E-state index < -0.39 is 0 Å². The highest BCUT2D eigenvalue weighted by molar-refractivity contribution is 5.84. The lowest BCUT2D eigenvalue weighted by Gasteiger charge is -2.28. The van der Waals surface area contributed by atoms with Gasteiger partial charge in [0.05, 0.1) is 13.2 Å². The van der Waals surface area contributed by atoms with Crippen molar-refractivity contribution < 1.29 is 4.74 Å². The van der Waals surface area contributed by atoms with Crippen molar-refractivity contribution in [2.75, 3.05) is 13.2 Å². The highest BCUT2D eigenvalue weighted by Gasteiger charge is 2.23. The van der Waals surface area contributed by atoms with E-state index in [1.807, 2.05) is 0 Å². The van der Waals surface area contributed by atoms with E-state index in [0.29, 0.717) is 6.61 Å². The fourth-order valence-corrected chi connectivity index (χ4v) is 2.54. The zero-order valence-corrected chi connectivity index (χ0v) is 8.75. The first-order chi connectivity index (χ1) is 7.36. The molecule has 0 atom stereocenters. The van der Waals surface area contributed by atoms with Gasteiger partial charge in [-0.3, -0.25) is 0 Å². The van der Waals surface area contributed by atoms with Crippen molar-refractivity contribution in [3.63, 3.8) is 0 Å². The molecule has 76 valence electrons. The molecule has 1 heteroatoms. The Labute approximate surface area is 90.1 Å². The van der Waals surface area contributed by atoms with Crippen molar-refractivity contribution >= 4 is 5.57 Å². The highest BCUT2D eigenvalue weighted by atomic mass is 16.5. The Morgan fingerprint density at radius 2 is 1.93 bits per heavy atom. The molecule has 1 aromatic rings. The first-order valence-electron chi connectivity index (χ1n) is 5.42. The summed E-state index contributed by atoms with van der Waals surface area (Å²) in [5.41, 5.74) is 6.79. The number of fused-ring (bicyclic) bond motifs is 2. The van der Waals surface area contributed by atoms with Crippen molar-refractivity contribution in [2.24, 2.45) is 0 Å². The maximum absolute atomic E-state index is 5.51.